The van der Waals surface area contributed by atoms with Crippen LogP contribution in [0.1, 0.15) is 24.4 Å². The number of nitrogens with one attached hydrogen (secondary N) is 1. The van der Waals surface area contributed by atoms with E-state index in [2.05, 4.69) is 27.6 Å². The van der Waals surface area contributed by atoms with E-state index in [1.54, 1.807) is 0 Å². The van der Waals surface area contributed by atoms with E-state index >= 15 is 0 Å². The average molecular weight is 262 g/mol. The summed E-state index contributed by atoms with van der Waals surface area (Å²) in [5, 5.41) is 5.45. The molecule has 5 rings (SSSR count). The lowest BCUT2D eigenvalue weighted by molar-refractivity contribution is 0.133. The normalized spacial score (nSPS) is 37.1. The van der Waals surface area contributed by atoms with Crippen LogP contribution in [0.2, 0.25) is 5.02 Å². The Morgan fingerprint density at radius 1 is 1.22 bits per heavy atom. The Morgan fingerprint density at radius 2 is 2.00 bits per heavy atom. The number of fused-ring (bicyclic) bond motifs is 2. The van der Waals surface area contributed by atoms with Crippen LogP contribution in [0, 0.1) is 5.92 Å². The van der Waals surface area contributed by atoms with Gasteiger partial charge in [-0.2, -0.15) is 5.10 Å². The number of hydrogen-bond donors (Lipinski definition) is 1. The number of hydrogen-bond acceptors (Lipinski definition) is 3. The lowest BCUT2D eigenvalue weighted by Crippen LogP contribution is -2.56. The Bertz CT molecular complexity index is 506. The maximum absolute atomic E-state index is 6.33. The molecule has 0 saturated carbocycles. The summed E-state index contributed by atoms with van der Waals surface area (Å²) in [4.78, 5) is 2.56. The van der Waals surface area contributed by atoms with Gasteiger partial charge in [-0.15, -0.1) is 0 Å². The van der Waals surface area contributed by atoms with Crippen molar-refractivity contribution >= 4 is 17.3 Å². The lowest BCUT2D eigenvalue weighted by Gasteiger charge is -2.45. The van der Waals surface area contributed by atoms with E-state index < -0.39 is 0 Å². The van der Waals surface area contributed by atoms with Gasteiger partial charge >= 0.3 is 0 Å². The van der Waals surface area contributed by atoms with Gasteiger partial charge in [0.1, 0.15) is 0 Å². The van der Waals surface area contributed by atoms with Crippen molar-refractivity contribution in [1.29, 1.82) is 0 Å². The Kier molecular flexibility index (Phi) is 2.39. The van der Waals surface area contributed by atoms with Gasteiger partial charge in [0.25, 0.3) is 0 Å². The van der Waals surface area contributed by atoms with Crippen molar-refractivity contribution in [3.8, 4) is 0 Å². The number of hydrazone groups is 1. The molecule has 4 heterocycles. The van der Waals surface area contributed by atoms with Gasteiger partial charge in [0.15, 0.2) is 0 Å². The van der Waals surface area contributed by atoms with Crippen molar-refractivity contribution in [3.63, 3.8) is 0 Å². The van der Waals surface area contributed by atoms with E-state index in [9.17, 15) is 0 Å². The zero-order chi connectivity index (χ0) is 12.1. The Labute approximate surface area is 112 Å². The van der Waals surface area contributed by atoms with Crippen molar-refractivity contribution in [1.82, 2.24) is 10.3 Å². The van der Waals surface area contributed by atoms with Gasteiger partial charge in [-0.25, -0.2) is 0 Å². The van der Waals surface area contributed by atoms with Crippen molar-refractivity contribution < 1.29 is 0 Å². The van der Waals surface area contributed by atoms with Gasteiger partial charge in [0.2, 0.25) is 0 Å². The first-order valence-corrected chi connectivity index (χ1v) is 7.04. The fraction of sp³-hybridized carbons (Fsp3) is 0.500. The van der Waals surface area contributed by atoms with Crippen molar-refractivity contribution in [3.05, 3.63) is 34.9 Å². The van der Waals surface area contributed by atoms with Crippen LogP contribution in [0.25, 0.3) is 0 Å². The van der Waals surface area contributed by atoms with Crippen LogP contribution >= 0.6 is 11.6 Å². The molecule has 3 fully saturated rings. The number of nitrogens with zero attached hydrogens (tertiary/aromatic N) is 2. The van der Waals surface area contributed by atoms with Crippen LogP contribution in [0.3, 0.4) is 0 Å². The second-order valence-corrected chi connectivity index (χ2v) is 5.83. The number of benzene rings is 1. The minimum atomic E-state index is 0.233. The molecular weight excluding hydrogens is 246 g/mol. The number of rotatable bonds is 1. The van der Waals surface area contributed by atoms with Crippen LogP contribution < -0.4 is 5.43 Å². The molecular formula is C14H16ClN3. The summed E-state index contributed by atoms with van der Waals surface area (Å²) in [5.41, 5.74) is 5.85. The van der Waals surface area contributed by atoms with Gasteiger partial charge in [0.05, 0.1) is 17.8 Å². The van der Waals surface area contributed by atoms with Crippen molar-refractivity contribution in [2.75, 3.05) is 13.1 Å². The predicted octanol–water partition coefficient (Wildman–Crippen LogP) is 2.43. The smallest absolute Gasteiger partial charge is 0.0913 e. The molecule has 2 bridgehead atoms. The summed E-state index contributed by atoms with van der Waals surface area (Å²) < 4.78 is 0. The first-order valence-electron chi connectivity index (χ1n) is 6.66. The van der Waals surface area contributed by atoms with Crippen LogP contribution in [0.4, 0.5) is 0 Å². The summed E-state index contributed by atoms with van der Waals surface area (Å²) >= 11 is 6.33. The summed E-state index contributed by atoms with van der Waals surface area (Å²) in [6.45, 7) is 2.41. The topological polar surface area (TPSA) is 27.6 Å². The third-order valence-corrected chi connectivity index (χ3v) is 4.88. The van der Waals surface area contributed by atoms with Crippen molar-refractivity contribution in [2.45, 2.75) is 24.9 Å². The van der Waals surface area contributed by atoms with E-state index in [-0.39, 0.29) is 6.04 Å². The SMILES string of the molecule is Clc1ccccc1C1NN=C2C3CCN(CC3)C21. The lowest BCUT2D eigenvalue weighted by atomic mass is 9.78. The predicted molar refractivity (Wildman–Crippen MR) is 72.8 cm³/mol. The van der Waals surface area contributed by atoms with Gasteiger partial charge in [0, 0.05) is 10.9 Å². The van der Waals surface area contributed by atoms with Crippen LogP contribution in [-0.4, -0.2) is 29.7 Å². The summed E-state index contributed by atoms with van der Waals surface area (Å²) in [6.07, 6.45) is 2.54. The molecule has 2 atom stereocenters. The molecule has 4 aliphatic heterocycles. The molecule has 4 aliphatic rings. The molecule has 18 heavy (non-hydrogen) atoms. The molecule has 94 valence electrons. The zero-order valence-electron chi connectivity index (χ0n) is 10.1. The number of halogens is 1. The van der Waals surface area contributed by atoms with Crippen molar-refractivity contribution in [2.24, 2.45) is 11.0 Å². The maximum atomic E-state index is 6.33. The minimum absolute atomic E-state index is 0.233. The van der Waals surface area contributed by atoms with E-state index in [0.717, 1.165) is 5.02 Å². The molecule has 2 unspecified atom stereocenters. The Morgan fingerprint density at radius 3 is 2.78 bits per heavy atom. The highest BCUT2D eigenvalue weighted by molar-refractivity contribution is 6.31. The molecule has 4 heteroatoms. The third-order valence-electron chi connectivity index (χ3n) is 4.53. The second kappa shape index (κ2) is 3.97. The standard InChI is InChI=1S/C14H16ClN3/c15-11-4-2-1-3-10(11)13-14-12(16-17-13)9-5-7-18(14)8-6-9/h1-4,9,13-14,17H,5-8H2. The highest BCUT2D eigenvalue weighted by Crippen LogP contribution is 2.40. The van der Waals surface area contributed by atoms with Gasteiger partial charge in [-0.05, 0) is 37.6 Å². The molecule has 0 spiro atoms. The van der Waals surface area contributed by atoms with Crippen LogP contribution in [0.15, 0.2) is 29.4 Å². The monoisotopic (exact) mass is 261 g/mol. The first-order chi connectivity index (χ1) is 8.84. The molecule has 0 radical (unpaired) electrons. The van der Waals surface area contributed by atoms with E-state index in [0.29, 0.717) is 12.0 Å². The quantitative estimate of drug-likeness (QED) is 0.841. The van der Waals surface area contributed by atoms with E-state index in [4.69, 9.17) is 11.6 Å². The first kappa shape index (κ1) is 10.8. The molecule has 1 aromatic rings. The van der Waals surface area contributed by atoms with E-state index in [1.807, 2.05) is 12.1 Å². The highest BCUT2D eigenvalue weighted by Gasteiger charge is 2.47. The van der Waals surface area contributed by atoms with Gasteiger partial charge < -0.3 is 5.43 Å². The average Bonchev–Trinajstić information content (AvgIpc) is 2.87. The van der Waals surface area contributed by atoms with E-state index in [1.165, 1.54) is 37.2 Å². The molecule has 1 N–H and O–H groups in total. The zero-order valence-corrected chi connectivity index (χ0v) is 10.9. The molecule has 3 nitrogen and oxygen atoms in total. The second-order valence-electron chi connectivity index (χ2n) is 5.42. The third kappa shape index (κ3) is 1.44. The molecule has 3 saturated heterocycles. The highest BCUT2D eigenvalue weighted by atomic mass is 35.5. The fourth-order valence-electron chi connectivity index (χ4n) is 3.62. The van der Waals surface area contributed by atoms with Gasteiger partial charge in [-0.1, -0.05) is 29.8 Å². The van der Waals surface area contributed by atoms with Crippen LogP contribution in [0.5, 0.6) is 0 Å². The summed E-state index contributed by atoms with van der Waals surface area (Å²) in [6, 6.07) is 8.77. The molecule has 0 amide bonds. The summed E-state index contributed by atoms with van der Waals surface area (Å²) in [5.74, 6) is 0.694. The Hall–Kier alpha value is -1.06. The minimum Gasteiger partial charge on any atom is -0.301 e. The number of piperidine rings is 3. The molecule has 0 aliphatic carbocycles. The van der Waals surface area contributed by atoms with Crippen LogP contribution in [-0.2, 0) is 0 Å². The fourth-order valence-corrected chi connectivity index (χ4v) is 3.88. The Balaban J connectivity index is 1.72. The molecule has 0 aromatic heterocycles. The van der Waals surface area contributed by atoms with Gasteiger partial charge in [-0.3, -0.25) is 4.90 Å². The largest absolute Gasteiger partial charge is 0.301 e. The maximum Gasteiger partial charge on any atom is 0.0913 e. The molecule has 1 aromatic carbocycles. The summed E-state index contributed by atoms with van der Waals surface area (Å²) in [7, 11) is 0.